The van der Waals surface area contributed by atoms with E-state index in [1.165, 1.54) is 24.2 Å². The molecule has 34 heavy (non-hydrogen) atoms. The van der Waals surface area contributed by atoms with E-state index in [9.17, 15) is 19.5 Å². The molecule has 2 aromatic rings. The predicted molar refractivity (Wildman–Crippen MR) is 125 cm³/mol. The van der Waals surface area contributed by atoms with E-state index in [4.69, 9.17) is 9.15 Å². The second-order valence-electron chi connectivity index (χ2n) is 9.18. The molecule has 1 saturated carbocycles. The molecular weight excluding hydrogens is 438 g/mol. The van der Waals surface area contributed by atoms with Gasteiger partial charge in [-0.05, 0) is 37.3 Å². The summed E-state index contributed by atoms with van der Waals surface area (Å²) in [4.78, 5) is 44.1. The maximum Gasteiger partial charge on any atom is 0.407 e. The number of rotatable bonds is 9. The SMILES string of the molecule is O=C(CCCN(CCC(=O)N1CCOC(C2CCCCC2)C1)C(=O)O)c1nc2ccccc2o1. The molecule has 4 rings (SSSR count). The number of ketones is 1. The number of amides is 2. The Kier molecular flexibility index (Phi) is 8.16. The number of hydrogen-bond acceptors (Lipinski definition) is 6. The molecule has 0 radical (unpaired) electrons. The number of carboxylic acid groups (broad SMARTS) is 1. The van der Waals surface area contributed by atoms with E-state index < -0.39 is 6.09 Å². The van der Waals surface area contributed by atoms with Crippen LogP contribution in [0.3, 0.4) is 0 Å². The van der Waals surface area contributed by atoms with Crippen LogP contribution in [0.25, 0.3) is 11.1 Å². The number of para-hydroxylation sites is 2. The lowest BCUT2D eigenvalue weighted by molar-refractivity contribution is -0.141. The minimum absolute atomic E-state index is 0.0399. The van der Waals surface area contributed by atoms with Gasteiger partial charge in [-0.2, -0.15) is 0 Å². The van der Waals surface area contributed by atoms with Gasteiger partial charge in [0, 0.05) is 39.0 Å². The Morgan fingerprint density at radius 2 is 1.88 bits per heavy atom. The maximum absolute atomic E-state index is 12.8. The highest BCUT2D eigenvalue weighted by atomic mass is 16.5. The molecule has 1 saturated heterocycles. The molecule has 1 aliphatic heterocycles. The van der Waals surface area contributed by atoms with Crippen molar-refractivity contribution < 1.29 is 28.6 Å². The maximum atomic E-state index is 12.8. The second kappa shape index (κ2) is 11.5. The molecule has 1 N–H and O–H groups in total. The third-order valence-corrected chi connectivity index (χ3v) is 6.85. The van der Waals surface area contributed by atoms with Crippen molar-refractivity contribution >= 4 is 28.9 Å². The first-order valence-corrected chi connectivity index (χ1v) is 12.3. The van der Waals surface area contributed by atoms with Gasteiger partial charge >= 0.3 is 6.09 Å². The molecule has 1 aliphatic carbocycles. The Morgan fingerprint density at radius 3 is 2.65 bits per heavy atom. The van der Waals surface area contributed by atoms with Crippen LogP contribution in [0, 0.1) is 5.92 Å². The summed E-state index contributed by atoms with van der Waals surface area (Å²) in [6.07, 6.45) is 5.61. The van der Waals surface area contributed by atoms with E-state index in [0.29, 0.717) is 43.1 Å². The van der Waals surface area contributed by atoms with Crippen LogP contribution in [0.5, 0.6) is 0 Å². The van der Waals surface area contributed by atoms with Crippen LogP contribution < -0.4 is 0 Å². The summed E-state index contributed by atoms with van der Waals surface area (Å²) in [6, 6.07) is 7.14. The molecule has 9 nitrogen and oxygen atoms in total. The lowest BCUT2D eigenvalue weighted by Gasteiger charge is -2.38. The number of carbonyl (C=O) groups is 3. The topological polar surface area (TPSA) is 113 Å². The third kappa shape index (κ3) is 6.14. The smallest absolute Gasteiger partial charge is 0.407 e. The largest absolute Gasteiger partial charge is 0.465 e. The summed E-state index contributed by atoms with van der Waals surface area (Å²) in [5, 5.41) is 9.55. The van der Waals surface area contributed by atoms with Crippen molar-refractivity contribution in [3.63, 3.8) is 0 Å². The van der Waals surface area contributed by atoms with Gasteiger partial charge in [0.1, 0.15) is 5.52 Å². The lowest BCUT2D eigenvalue weighted by Crippen LogP contribution is -2.49. The van der Waals surface area contributed by atoms with Crippen molar-refractivity contribution in [1.82, 2.24) is 14.8 Å². The highest BCUT2D eigenvalue weighted by molar-refractivity contribution is 5.94. The Labute approximate surface area is 199 Å². The molecule has 9 heteroatoms. The first kappa shape index (κ1) is 24.2. The highest BCUT2D eigenvalue weighted by Crippen LogP contribution is 2.29. The van der Waals surface area contributed by atoms with Gasteiger partial charge in [-0.15, -0.1) is 0 Å². The lowest BCUT2D eigenvalue weighted by atomic mass is 9.84. The summed E-state index contributed by atoms with van der Waals surface area (Å²) in [7, 11) is 0. The minimum Gasteiger partial charge on any atom is -0.465 e. The van der Waals surface area contributed by atoms with Gasteiger partial charge in [-0.25, -0.2) is 9.78 Å². The number of nitrogens with zero attached hydrogens (tertiary/aromatic N) is 3. The van der Waals surface area contributed by atoms with E-state index in [1.807, 2.05) is 11.0 Å². The molecule has 2 aliphatic rings. The van der Waals surface area contributed by atoms with Gasteiger partial charge in [-0.1, -0.05) is 31.4 Å². The molecule has 2 fully saturated rings. The molecule has 1 aromatic carbocycles. The number of aromatic nitrogens is 1. The molecule has 1 unspecified atom stereocenters. The van der Waals surface area contributed by atoms with Gasteiger partial charge in [0.2, 0.25) is 11.7 Å². The van der Waals surface area contributed by atoms with Crippen LogP contribution >= 0.6 is 0 Å². The van der Waals surface area contributed by atoms with E-state index in [-0.39, 0.29) is 49.6 Å². The normalized spacial score (nSPS) is 19.3. The van der Waals surface area contributed by atoms with Crippen molar-refractivity contribution in [2.45, 2.75) is 57.5 Å². The summed E-state index contributed by atoms with van der Waals surface area (Å²) < 4.78 is 11.4. The number of benzene rings is 1. The number of morpholine rings is 1. The molecule has 184 valence electrons. The molecular formula is C25H33N3O6. The zero-order valence-corrected chi connectivity index (χ0v) is 19.5. The fourth-order valence-electron chi connectivity index (χ4n) is 4.91. The standard InChI is InChI=1S/C25H33N3O6/c29-20(24-26-19-9-4-5-11-21(19)34-24)10-6-13-27(25(31)32)14-12-23(30)28-15-16-33-22(17-28)18-7-2-1-3-8-18/h4-5,9,11,18,22H,1-3,6-8,10,12-17H2,(H,31,32). The first-order chi connectivity index (χ1) is 16.5. The monoisotopic (exact) mass is 471 g/mol. The van der Waals surface area contributed by atoms with Crippen LogP contribution in [0.1, 0.15) is 62.1 Å². The summed E-state index contributed by atoms with van der Waals surface area (Å²) in [5.74, 6) is 0.245. The van der Waals surface area contributed by atoms with Crippen LogP contribution in [-0.2, 0) is 9.53 Å². The van der Waals surface area contributed by atoms with Gasteiger partial charge in [0.25, 0.3) is 5.89 Å². The zero-order valence-electron chi connectivity index (χ0n) is 19.5. The zero-order chi connectivity index (χ0) is 23.9. The van der Waals surface area contributed by atoms with E-state index >= 15 is 0 Å². The molecule has 2 amide bonds. The van der Waals surface area contributed by atoms with Gasteiger partial charge in [-0.3, -0.25) is 9.59 Å². The first-order valence-electron chi connectivity index (χ1n) is 12.3. The third-order valence-electron chi connectivity index (χ3n) is 6.85. The molecule has 1 atom stereocenters. The summed E-state index contributed by atoms with van der Waals surface area (Å²) >= 11 is 0. The van der Waals surface area contributed by atoms with E-state index in [0.717, 1.165) is 12.8 Å². The average molecular weight is 472 g/mol. The highest BCUT2D eigenvalue weighted by Gasteiger charge is 2.31. The van der Waals surface area contributed by atoms with Crippen molar-refractivity contribution in [3.05, 3.63) is 30.2 Å². The number of hydrogen-bond donors (Lipinski definition) is 1. The van der Waals surface area contributed by atoms with Crippen LogP contribution in [0.2, 0.25) is 0 Å². The second-order valence-corrected chi connectivity index (χ2v) is 9.18. The van der Waals surface area contributed by atoms with Gasteiger partial charge < -0.3 is 24.1 Å². The number of oxazole rings is 1. The Bertz CT molecular complexity index is 966. The number of carbonyl (C=O) groups excluding carboxylic acids is 2. The summed E-state index contributed by atoms with van der Waals surface area (Å²) in [6.45, 7) is 1.95. The Balaban J connectivity index is 1.22. The molecule has 1 aromatic heterocycles. The van der Waals surface area contributed by atoms with E-state index in [1.54, 1.807) is 18.2 Å². The van der Waals surface area contributed by atoms with Crippen LogP contribution in [-0.4, -0.2) is 76.6 Å². The van der Waals surface area contributed by atoms with Crippen molar-refractivity contribution in [2.75, 3.05) is 32.8 Å². The number of fused-ring (bicyclic) bond motifs is 1. The Morgan fingerprint density at radius 1 is 1.09 bits per heavy atom. The fourth-order valence-corrected chi connectivity index (χ4v) is 4.91. The fraction of sp³-hybridized carbons (Fsp3) is 0.600. The van der Waals surface area contributed by atoms with Crippen molar-refractivity contribution in [2.24, 2.45) is 5.92 Å². The quantitative estimate of drug-likeness (QED) is 0.551. The van der Waals surface area contributed by atoms with Crippen molar-refractivity contribution in [1.29, 1.82) is 0 Å². The predicted octanol–water partition coefficient (Wildman–Crippen LogP) is 3.97. The minimum atomic E-state index is -1.09. The van der Waals surface area contributed by atoms with Crippen molar-refractivity contribution in [3.8, 4) is 0 Å². The van der Waals surface area contributed by atoms with Gasteiger partial charge in [0.15, 0.2) is 5.58 Å². The number of ether oxygens (including phenoxy) is 1. The average Bonchev–Trinajstić information content (AvgIpc) is 3.31. The molecule has 2 heterocycles. The molecule has 0 spiro atoms. The van der Waals surface area contributed by atoms with Gasteiger partial charge in [0.05, 0.1) is 12.7 Å². The summed E-state index contributed by atoms with van der Waals surface area (Å²) in [5.41, 5.74) is 1.16. The Hall–Kier alpha value is -2.94. The van der Waals surface area contributed by atoms with Crippen LogP contribution in [0.4, 0.5) is 4.79 Å². The molecule has 0 bridgehead atoms. The number of Topliss-reactive ketones (excluding diaryl/α,β-unsaturated/α-hetero) is 1. The van der Waals surface area contributed by atoms with Crippen LogP contribution in [0.15, 0.2) is 28.7 Å². The van der Waals surface area contributed by atoms with E-state index in [2.05, 4.69) is 4.98 Å².